The number of piperazine rings is 1. The molecular weight excluding hydrogens is 340 g/mol. The minimum Gasteiger partial charge on any atom is -0.369 e. The second kappa shape index (κ2) is 8.22. The fraction of sp³-hybridized carbons (Fsp3) is 0.333. The number of carbonyl (C=O) groups is 2. The number of carbonyl (C=O) groups excluding carboxylic acids is 2. The van der Waals surface area contributed by atoms with Crippen molar-refractivity contribution in [2.24, 2.45) is 0 Å². The molecule has 1 aliphatic rings. The van der Waals surface area contributed by atoms with Crippen LogP contribution < -0.4 is 15.5 Å². The minimum atomic E-state index is -0.678. The van der Waals surface area contributed by atoms with Crippen LogP contribution in [0.3, 0.4) is 0 Å². The summed E-state index contributed by atoms with van der Waals surface area (Å²) in [5.74, 6) is -1.35. The first kappa shape index (κ1) is 18.9. The lowest BCUT2D eigenvalue weighted by molar-refractivity contribution is -0.133. The average Bonchev–Trinajstić information content (AvgIpc) is 2.66. The number of likely N-dealkylation sites (N-methyl/N-ethyl adjacent to an activating group) is 1. The third kappa shape index (κ3) is 4.86. The van der Waals surface area contributed by atoms with Crippen molar-refractivity contribution < 1.29 is 9.59 Å². The first-order valence-corrected chi connectivity index (χ1v) is 9.15. The molecule has 6 heteroatoms. The van der Waals surface area contributed by atoms with E-state index in [0.29, 0.717) is 11.4 Å². The summed E-state index contributed by atoms with van der Waals surface area (Å²) in [5.41, 5.74) is 4.32. The van der Waals surface area contributed by atoms with Crippen LogP contribution in [0.1, 0.15) is 11.1 Å². The second-order valence-electron chi connectivity index (χ2n) is 7.06. The van der Waals surface area contributed by atoms with Gasteiger partial charge >= 0.3 is 11.8 Å². The highest BCUT2D eigenvalue weighted by molar-refractivity contribution is 6.43. The first-order chi connectivity index (χ1) is 12.9. The van der Waals surface area contributed by atoms with Gasteiger partial charge in [-0.25, -0.2) is 0 Å². The standard InChI is InChI=1S/C21H26N4O2/c1-15-4-5-16(2)19(14-15)23-21(27)20(26)22-17-6-8-18(9-7-17)25-12-10-24(3)11-13-25/h4-9,14H,10-13H2,1-3H3,(H,22,26)(H,23,27). The van der Waals surface area contributed by atoms with E-state index in [0.717, 1.165) is 43.0 Å². The van der Waals surface area contributed by atoms with Crippen molar-refractivity contribution in [3.05, 3.63) is 53.6 Å². The van der Waals surface area contributed by atoms with Gasteiger partial charge < -0.3 is 20.4 Å². The third-order valence-electron chi connectivity index (χ3n) is 4.84. The van der Waals surface area contributed by atoms with Crippen molar-refractivity contribution in [2.75, 3.05) is 48.8 Å². The smallest absolute Gasteiger partial charge is 0.314 e. The molecule has 3 rings (SSSR count). The van der Waals surface area contributed by atoms with E-state index in [1.54, 1.807) is 0 Å². The van der Waals surface area contributed by atoms with Crippen LogP contribution in [0.25, 0.3) is 0 Å². The van der Waals surface area contributed by atoms with Gasteiger partial charge in [0.1, 0.15) is 0 Å². The van der Waals surface area contributed by atoms with Gasteiger partial charge in [-0.1, -0.05) is 12.1 Å². The van der Waals surface area contributed by atoms with Crippen molar-refractivity contribution in [3.63, 3.8) is 0 Å². The summed E-state index contributed by atoms with van der Waals surface area (Å²) in [6.07, 6.45) is 0. The second-order valence-corrected chi connectivity index (χ2v) is 7.06. The van der Waals surface area contributed by atoms with Crippen LogP contribution in [0.15, 0.2) is 42.5 Å². The van der Waals surface area contributed by atoms with E-state index in [1.165, 1.54) is 0 Å². The lowest BCUT2D eigenvalue weighted by Gasteiger charge is -2.34. The Labute approximate surface area is 160 Å². The van der Waals surface area contributed by atoms with Crippen LogP contribution >= 0.6 is 0 Å². The number of amides is 2. The lowest BCUT2D eigenvalue weighted by atomic mass is 10.1. The Bertz CT molecular complexity index is 825. The fourth-order valence-corrected chi connectivity index (χ4v) is 3.06. The van der Waals surface area contributed by atoms with Crippen LogP contribution in [0.5, 0.6) is 0 Å². The van der Waals surface area contributed by atoms with E-state index < -0.39 is 11.8 Å². The molecule has 2 amide bonds. The van der Waals surface area contributed by atoms with Gasteiger partial charge in [0, 0.05) is 43.2 Å². The highest BCUT2D eigenvalue weighted by Crippen LogP contribution is 2.20. The Balaban J connectivity index is 1.58. The molecule has 0 saturated carbocycles. The number of aryl methyl sites for hydroxylation is 2. The van der Waals surface area contributed by atoms with E-state index in [4.69, 9.17) is 0 Å². The minimum absolute atomic E-state index is 0.606. The number of benzene rings is 2. The van der Waals surface area contributed by atoms with E-state index in [1.807, 2.05) is 56.3 Å². The molecule has 2 N–H and O–H groups in total. The fourth-order valence-electron chi connectivity index (χ4n) is 3.06. The first-order valence-electron chi connectivity index (χ1n) is 9.15. The zero-order valence-corrected chi connectivity index (χ0v) is 16.1. The maximum atomic E-state index is 12.2. The monoisotopic (exact) mass is 366 g/mol. The maximum absolute atomic E-state index is 12.2. The molecule has 0 radical (unpaired) electrons. The topological polar surface area (TPSA) is 64.7 Å². The Kier molecular flexibility index (Phi) is 5.76. The third-order valence-corrected chi connectivity index (χ3v) is 4.84. The van der Waals surface area contributed by atoms with E-state index in [2.05, 4.69) is 27.5 Å². The SMILES string of the molecule is Cc1ccc(C)c(NC(=O)C(=O)Nc2ccc(N3CCN(C)CC3)cc2)c1. The van der Waals surface area contributed by atoms with Gasteiger partial charge in [-0.2, -0.15) is 0 Å². The largest absolute Gasteiger partial charge is 0.369 e. The predicted molar refractivity (Wildman–Crippen MR) is 109 cm³/mol. The summed E-state index contributed by atoms with van der Waals surface area (Å²) in [5, 5.41) is 5.33. The van der Waals surface area contributed by atoms with Crippen molar-refractivity contribution in [1.29, 1.82) is 0 Å². The van der Waals surface area contributed by atoms with Crippen LogP contribution in [0.4, 0.5) is 17.1 Å². The maximum Gasteiger partial charge on any atom is 0.314 e. The summed E-state index contributed by atoms with van der Waals surface area (Å²) < 4.78 is 0. The van der Waals surface area contributed by atoms with Gasteiger partial charge in [0.25, 0.3) is 0 Å². The summed E-state index contributed by atoms with van der Waals surface area (Å²) in [4.78, 5) is 29.0. The Morgan fingerprint density at radius 3 is 2.15 bits per heavy atom. The number of nitrogens with zero attached hydrogens (tertiary/aromatic N) is 2. The molecule has 1 fully saturated rings. The number of nitrogens with one attached hydrogen (secondary N) is 2. The van der Waals surface area contributed by atoms with Gasteiger partial charge in [-0.05, 0) is 62.4 Å². The molecule has 0 unspecified atom stereocenters. The van der Waals surface area contributed by atoms with Crippen LogP contribution in [-0.4, -0.2) is 49.9 Å². The molecule has 1 saturated heterocycles. The number of rotatable bonds is 3. The summed E-state index contributed by atoms with van der Waals surface area (Å²) >= 11 is 0. The lowest BCUT2D eigenvalue weighted by Crippen LogP contribution is -2.44. The van der Waals surface area contributed by atoms with Gasteiger partial charge in [-0.15, -0.1) is 0 Å². The summed E-state index contributed by atoms with van der Waals surface area (Å²) in [6.45, 7) is 7.89. The van der Waals surface area contributed by atoms with Gasteiger partial charge in [0.05, 0.1) is 0 Å². The van der Waals surface area contributed by atoms with E-state index >= 15 is 0 Å². The quantitative estimate of drug-likeness (QED) is 0.820. The molecule has 1 aliphatic heterocycles. The molecule has 0 atom stereocenters. The predicted octanol–water partition coefficient (Wildman–Crippen LogP) is 2.63. The van der Waals surface area contributed by atoms with Crippen LogP contribution in [0.2, 0.25) is 0 Å². The van der Waals surface area contributed by atoms with E-state index in [-0.39, 0.29) is 0 Å². The van der Waals surface area contributed by atoms with Gasteiger partial charge in [0.2, 0.25) is 0 Å². The molecule has 142 valence electrons. The van der Waals surface area contributed by atoms with Gasteiger partial charge in [0.15, 0.2) is 0 Å². The molecule has 0 aromatic heterocycles. The number of hydrogen-bond donors (Lipinski definition) is 2. The molecule has 0 bridgehead atoms. The highest BCUT2D eigenvalue weighted by atomic mass is 16.2. The van der Waals surface area contributed by atoms with Crippen molar-refractivity contribution >= 4 is 28.9 Å². The van der Waals surface area contributed by atoms with Crippen LogP contribution in [-0.2, 0) is 9.59 Å². The Hall–Kier alpha value is -2.86. The van der Waals surface area contributed by atoms with Crippen molar-refractivity contribution in [3.8, 4) is 0 Å². The Morgan fingerprint density at radius 1 is 0.852 bits per heavy atom. The van der Waals surface area contributed by atoms with Crippen molar-refractivity contribution in [1.82, 2.24) is 4.90 Å². The zero-order valence-electron chi connectivity index (χ0n) is 16.1. The summed E-state index contributed by atoms with van der Waals surface area (Å²) in [6, 6.07) is 13.3. The highest BCUT2D eigenvalue weighted by Gasteiger charge is 2.16. The zero-order chi connectivity index (χ0) is 19.4. The molecule has 2 aromatic carbocycles. The van der Waals surface area contributed by atoms with E-state index in [9.17, 15) is 9.59 Å². The Morgan fingerprint density at radius 2 is 1.48 bits per heavy atom. The molecule has 27 heavy (non-hydrogen) atoms. The normalized spacial score (nSPS) is 14.7. The average molecular weight is 366 g/mol. The number of hydrogen-bond acceptors (Lipinski definition) is 4. The molecular formula is C21H26N4O2. The summed E-state index contributed by atoms with van der Waals surface area (Å²) in [7, 11) is 2.12. The molecule has 1 heterocycles. The number of anilines is 3. The van der Waals surface area contributed by atoms with Crippen LogP contribution in [0, 0.1) is 13.8 Å². The molecule has 0 spiro atoms. The molecule has 2 aromatic rings. The molecule has 6 nitrogen and oxygen atoms in total. The molecule has 0 aliphatic carbocycles. The van der Waals surface area contributed by atoms with Gasteiger partial charge in [-0.3, -0.25) is 9.59 Å². The van der Waals surface area contributed by atoms with Crippen molar-refractivity contribution in [2.45, 2.75) is 13.8 Å².